The summed E-state index contributed by atoms with van der Waals surface area (Å²) in [6, 6.07) is 18.3. The fourth-order valence-corrected chi connectivity index (χ4v) is 5.37. The molecule has 1 saturated heterocycles. The molecule has 5 rings (SSSR count). The molecule has 34 heavy (non-hydrogen) atoms. The van der Waals surface area contributed by atoms with Gasteiger partial charge in [-0.25, -0.2) is 0 Å². The molecule has 7 heteroatoms. The minimum atomic E-state index is -0.0649. The first-order valence-electron chi connectivity index (χ1n) is 11.3. The smallest absolute Gasteiger partial charge is 0.170 e. The second kappa shape index (κ2) is 9.20. The Kier molecular flexibility index (Phi) is 6.11. The van der Waals surface area contributed by atoms with Gasteiger partial charge in [-0.05, 0) is 92.1 Å². The van der Waals surface area contributed by atoms with Gasteiger partial charge < -0.3 is 14.8 Å². The zero-order chi connectivity index (χ0) is 23.8. The van der Waals surface area contributed by atoms with E-state index >= 15 is 0 Å². The topological polar surface area (TPSA) is 46.0 Å². The van der Waals surface area contributed by atoms with Crippen molar-refractivity contribution < 1.29 is 0 Å². The molecule has 172 valence electrons. The fraction of sp³-hybridized carbons (Fsp3) is 0.222. The van der Waals surface area contributed by atoms with Crippen molar-refractivity contribution in [1.29, 1.82) is 0 Å². The first-order valence-corrected chi connectivity index (χ1v) is 12.1. The molecule has 0 radical (unpaired) electrons. The second-order valence-electron chi connectivity index (χ2n) is 8.66. The van der Waals surface area contributed by atoms with Crippen molar-refractivity contribution in [3.63, 3.8) is 0 Å². The molecule has 0 amide bonds. The van der Waals surface area contributed by atoms with Crippen LogP contribution in [0.1, 0.15) is 45.9 Å². The number of hydrogen-bond acceptors (Lipinski definition) is 3. The molecule has 1 aromatic carbocycles. The highest BCUT2D eigenvalue weighted by molar-refractivity contribution is 7.80. The van der Waals surface area contributed by atoms with Crippen LogP contribution >= 0.6 is 23.8 Å². The van der Waals surface area contributed by atoms with Crippen LogP contribution in [-0.4, -0.2) is 24.5 Å². The van der Waals surface area contributed by atoms with E-state index in [1.165, 1.54) is 11.3 Å². The third kappa shape index (κ3) is 3.97. The SMILES string of the molecule is Cc1c(Cl)cccc1-n1c(C)cc([C@@H]2[C@@H](c3ccccn3)NC(=S)N2Cc2ccncc2)c1C. The Morgan fingerprint density at radius 1 is 1.00 bits per heavy atom. The van der Waals surface area contributed by atoms with Crippen molar-refractivity contribution in [3.05, 3.63) is 112 Å². The zero-order valence-electron chi connectivity index (χ0n) is 19.4. The number of nitrogens with zero attached hydrogens (tertiary/aromatic N) is 4. The van der Waals surface area contributed by atoms with E-state index in [2.05, 4.69) is 63.7 Å². The van der Waals surface area contributed by atoms with Crippen LogP contribution in [0.3, 0.4) is 0 Å². The number of aromatic nitrogens is 3. The second-order valence-corrected chi connectivity index (χ2v) is 9.45. The van der Waals surface area contributed by atoms with Crippen molar-refractivity contribution >= 4 is 28.9 Å². The molecule has 0 aliphatic carbocycles. The molecule has 5 nitrogen and oxygen atoms in total. The molecule has 0 unspecified atom stereocenters. The first-order chi connectivity index (χ1) is 16.5. The van der Waals surface area contributed by atoms with Gasteiger partial charge in [-0.1, -0.05) is 23.7 Å². The summed E-state index contributed by atoms with van der Waals surface area (Å²) < 4.78 is 2.29. The van der Waals surface area contributed by atoms with Gasteiger partial charge >= 0.3 is 0 Å². The Morgan fingerprint density at radius 3 is 2.53 bits per heavy atom. The van der Waals surface area contributed by atoms with Gasteiger partial charge in [0.25, 0.3) is 0 Å². The molecule has 0 saturated carbocycles. The average Bonchev–Trinajstić information content (AvgIpc) is 3.32. The Morgan fingerprint density at radius 2 is 1.79 bits per heavy atom. The number of halogens is 1. The van der Waals surface area contributed by atoms with Gasteiger partial charge in [-0.2, -0.15) is 0 Å². The molecular weight excluding hydrogens is 462 g/mol. The van der Waals surface area contributed by atoms with E-state index < -0.39 is 0 Å². The number of hydrogen-bond donors (Lipinski definition) is 1. The molecular formula is C27H26ClN5S. The van der Waals surface area contributed by atoms with E-state index in [1.807, 2.05) is 55.0 Å². The fourth-order valence-electron chi connectivity index (χ4n) is 4.90. The highest BCUT2D eigenvalue weighted by Crippen LogP contribution is 2.42. The molecule has 1 N–H and O–H groups in total. The maximum Gasteiger partial charge on any atom is 0.170 e. The summed E-state index contributed by atoms with van der Waals surface area (Å²) in [4.78, 5) is 11.1. The van der Waals surface area contributed by atoms with Crippen LogP contribution < -0.4 is 5.32 Å². The minimum absolute atomic E-state index is 0.0185. The predicted molar refractivity (Wildman–Crippen MR) is 140 cm³/mol. The maximum absolute atomic E-state index is 6.48. The van der Waals surface area contributed by atoms with Crippen LogP contribution in [0.25, 0.3) is 5.69 Å². The molecule has 1 aliphatic rings. The Hall–Kier alpha value is -3.22. The number of nitrogens with one attached hydrogen (secondary N) is 1. The Balaban J connectivity index is 1.64. The van der Waals surface area contributed by atoms with Crippen LogP contribution in [0.4, 0.5) is 0 Å². The maximum atomic E-state index is 6.48. The molecule has 4 aromatic rings. The summed E-state index contributed by atoms with van der Waals surface area (Å²) in [6.07, 6.45) is 5.48. The average molecular weight is 488 g/mol. The van der Waals surface area contributed by atoms with Gasteiger partial charge in [0, 0.05) is 47.2 Å². The minimum Gasteiger partial charge on any atom is -0.352 e. The van der Waals surface area contributed by atoms with Gasteiger partial charge in [0.2, 0.25) is 0 Å². The van der Waals surface area contributed by atoms with Gasteiger partial charge in [-0.15, -0.1) is 0 Å². The van der Waals surface area contributed by atoms with E-state index in [1.54, 1.807) is 0 Å². The Bertz CT molecular complexity index is 1340. The number of thiocarbonyl (C=S) groups is 1. The molecule has 4 heterocycles. The van der Waals surface area contributed by atoms with Gasteiger partial charge in [0.05, 0.1) is 17.8 Å². The van der Waals surface area contributed by atoms with E-state index in [9.17, 15) is 0 Å². The standard InChI is InChI=1S/C27H26ClN5S/c1-17-15-21(19(3)33(17)24-9-6-7-22(28)18(24)2)26-25(23-8-4-5-12-30-23)31-27(34)32(26)16-20-10-13-29-14-11-20/h4-15,25-26H,16H2,1-3H3,(H,31,34)/t25-,26-/m1/s1. The van der Waals surface area contributed by atoms with E-state index in [0.29, 0.717) is 6.54 Å². The number of rotatable bonds is 5. The third-order valence-corrected chi connectivity index (χ3v) is 7.33. The van der Waals surface area contributed by atoms with Crippen molar-refractivity contribution in [2.45, 2.75) is 39.4 Å². The monoisotopic (exact) mass is 487 g/mol. The van der Waals surface area contributed by atoms with Crippen LogP contribution in [0.5, 0.6) is 0 Å². The van der Waals surface area contributed by atoms with E-state index in [0.717, 1.165) is 38.3 Å². The summed E-state index contributed by atoms with van der Waals surface area (Å²) in [5.41, 5.74) is 7.82. The lowest BCUT2D eigenvalue weighted by atomic mass is 9.96. The van der Waals surface area contributed by atoms with E-state index in [-0.39, 0.29) is 12.1 Å². The van der Waals surface area contributed by atoms with Crippen LogP contribution in [0, 0.1) is 20.8 Å². The quantitative estimate of drug-likeness (QED) is 0.349. The Labute approximate surface area is 210 Å². The predicted octanol–water partition coefficient (Wildman–Crippen LogP) is 6.02. The molecule has 0 bridgehead atoms. The number of aryl methyl sites for hydroxylation is 1. The molecule has 0 spiro atoms. The van der Waals surface area contributed by atoms with Gasteiger partial charge in [-0.3, -0.25) is 9.97 Å². The summed E-state index contributed by atoms with van der Waals surface area (Å²) in [6.45, 7) is 7.06. The summed E-state index contributed by atoms with van der Waals surface area (Å²) in [7, 11) is 0. The highest BCUT2D eigenvalue weighted by atomic mass is 35.5. The number of benzene rings is 1. The van der Waals surface area contributed by atoms with Crippen molar-refractivity contribution in [2.75, 3.05) is 0 Å². The summed E-state index contributed by atoms with van der Waals surface area (Å²) in [5.74, 6) is 0. The van der Waals surface area contributed by atoms with Crippen LogP contribution in [-0.2, 0) is 6.54 Å². The summed E-state index contributed by atoms with van der Waals surface area (Å²) >= 11 is 12.3. The van der Waals surface area contributed by atoms with Crippen molar-refractivity contribution in [1.82, 2.24) is 24.8 Å². The highest BCUT2D eigenvalue weighted by Gasteiger charge is 2.41. The lowest BCUT2D eigenvalue weighted by Crippen LogP contribution is -2.29. The van der Waals surface area contributed by atoms with E-state index in [4.69, 9.17) is 23.8 Å². The normalized spacial score (nSPS) is 17.8. The zero-order valence-corrected chi connectivity index (χ0v) is 20.9. The summed E-state index contributed by atoms with van der Waals surface area (Å²) in [5, 5.41) is 5.04. The van der Waals surface area contributed by atoms with Crippen molar-refractivity contribution in [3.8, 4) is 5.69 Å². The molecule has 1 aliphatic heterocycles. The molecule has 2 atom stereocenters. The lowest BCUT2D eigenvalue weighted by Gasteiger charge is -2.28. The molecule has 3 aromatic heterocycles. The van der Waals surface area contributed by atoms with Gasteiger partial charge in [0.15, 0.2) is 5.11 Å². The van der Waals surface area contributed by atoms with Crippen molar-refractivity contribution in [2.24, 2.45) is 0 Å². The first kappa shape index (κ1) is 22.6. The van der Waals surface area contributed by atoms with Crippen LogP contribution in [0.2, 0.25) is 5.02 Å². The number of pyridine rings is 2. The van der Waals surface area contributed by atoms with Crippen LogP contribution in [0.15, 0.2) is 73.2 Å². The third-order valence-electron chi connectivity index (χ3n) is 6.57. The molecule has 1 fully saturated rings. The lowest BCUT2D eigenvalue weighted by molar-refractivity contribution is 0.310. The largest absolute Gasteiger partial charge is 0.352 e. The van der Waals surface area contributed by atoms with Gasteiger partial charge in [0.1, 0.15) is 0 Å².